The summed E-state index contributed by atoms with van der Waals surface area (Å²) in [6, 6.07) is 6.17. The number of likely N-dealkylation sites (tertiary alicyclic amines) is 1. The third-order valence-electron chi connectivity index (χ3n) is 6.92. The van der Waals surface area contributed by atoms with E-state index in [1.165, 1.54) is 0 Å². The second-order valence-corrected chi connectivity index (χ2v) is 9.69. The zero-order valence-corrected chi connectivity index (χ0v) is 20.3. The fourth-order valence-electron chi connectivity index (χ4n) is 5.34. The van der Waals surface area contributed by atoms with Gasteiger partial charge in [0.25, 0.3) is 5.91 Å². The summed E-state index contributed by atoms with van der Waals surface area (Å²) in [5, 5.41) is 3.51. The first-order valence-corrected chi connectivity index (χ1v) is 12.2. The van der Waals surface area contributed by atoms with Crippen LogP contribution in [0.4, 0.5) is 0 Å². The topological polar surface area (TPSA) is 71.1 Å². The van der Waals surface area contributed by atoms with Crippen molar-refractivity contribution >= 4 is 11.8 Å². The molecule has 1 N–H and O–H groups in total. The van der Waals surface area contributed by atoms with Gasteiger partial charge >= 0.3 is 0 Å². The van der Waals surface area contributed by atoms with E-state index >= 15 is 0 Å². The monoisotopic (exact) mass is 455 g/mol. The maximum atomic E-state index is 13.2. The Balaban J connectivity index is 1.66. The van der Waals surface area contributed by atoms with E-state index in [0.717, 1.165) is 12.0 Å². The summed E-state index contributed by atoms with van der Waals surface area (Å²) in [7, 11) is 0. The van der Waals surface area contributed by atoms with E-state index in [2.05, 4.69) is 18.3 Å². The van der Waals surface area contributed by atoms with E-state index in [4.69, 9.17) is 9.47 Å². The third-order valence-corrected chi connectivity index (χ3v) is 6.92. The average Bonchev–Trinajstić information content (AvgIpc) is 3.20. The van der Waals surface area contributed by atoms with Gasteiger partial charge in [-0.25, -0.2) is 0 Å². The molecular formula is C26H37N3O4. The lowest BCUT2D eigenvalue weighted by Gasteiger charge is -2.40. The quantitative estimate of drug-likeness (QED) is 0.668. The molecule has 4 atom stereocenters. The van der Waals surface area contributed by atoms with Gasteiger partial charge in [-0.15, -0.1) is 0 Å². The van der Waals surface area contributed by atoms with Gasteiger partial charge in [0.2, 0.25) is 5.91 Å². The Kier molecular flexibility index (Phi) is 7.39. The Bertz CT molecular complexity index is 894. The van der Waals surface area contributed by atoms with Crippen LogP contribution in [0.3, 0.4) is 0 Å². The molecule has 33 heavy (non-hydrogen) atoms. The van der Waals surface area contributed by atoms with Gasteiger partial charge < -0.3 is 24.6 Å². The van der Waals surface area contributed by atoms with E-state index in [1.54, 1.807) is 0 Å². The van der Waals surface area contributed by atoms with E-state index in [0.29, 0.717) is 56.7 Å². The highest BCUT2D eigenvalue weighted by Crippen LogP contribution is 2.41. The van der Waals surface area contributed by atoms with Gasteiger partial charge in [0.15, 0.2) is 0 Å². The first-order chi connectivity index (χ1) is 15.9. The zero-order chi connectivity index (χ0) is 23.5. The van der Waals surface area contributed by atoms with Crippen molar-refractivity contribution in [2.24, 2.45) is 5.92 Å². The van der Waals surface area contributed by atoms with Crippen molar-refractivity contribution in [1.82, 2.24) is 15.1 Å². The Morgan fingerprint density at radius 3 is 2.76 bits per heavy atom. The number of allylic oxidation sites excluding steroid dienone is 1. The molecule has 7 nitrogen and oxygen atoms in total. The Morgan fingerprint density at radius 2 is 2.06 bits per heavy atom. The van der Waals surface area contributed by atoms with Gasteiger partial charge in [-0.2, -0.15) is 0 Å². The number of amides is 2. The molecule has 180 valence electrons. The van der Waals surface area contributed by atoms with Crippen LogP contribution in [-0.2, 0) is 9.53 Å². The minimum atomic E-state index is -0.159. The van der Waals surface area contributed by atoms with Crippen LogP contribution in [0.1, 0.15) is 56.0 Å². The van der Waals surface area contributed by atoms with E-state index in [1.807, 2.05) is 54.9 Å². The summed E-state index contributed by atoms with van der Waals surface area (Å²) >= 11 is 0. The summed E-state index contributed by atoms with van der Waals surface area (Å²) in [5.74, 6) is 1.24. The molecule has 0 spiro atoms. The fourth-order valence-corrected chi connectivity index (χ4v) is 5.34. The number of carbonyl (C=O) groups is 2. The number of benzene rings is 1. The van der Waals surface area contributed by atoms with Crippen molar-refractivity contribution in [2.45, 2.75) is 58.2 Å². The molecule has 2 amide bonds. The Hall–Kier alpha value is -2.38. The van der Waals surface area contributed by atoms with Crippen LogP contribution < -0.4 is 10.1 Å². The predicted octanol–water partition coefficient (Wildman–Crippen LogP) is 2.81. The van der Waals surface area contributed by atoms with Gasteiger partial charge in [-0.1, -0.05) is 18.2 Å². The lowest BCUT2D eigenvalue weighted by Crippen LogP contribution is -2.54. The first-order valence-electron chi connectivity index (χ1n) is 12.2. The minimum Gasteiger partial charge on any atom is -0.490 e. The van der Waals surface area contributed by atoms with Gasteiger partial charge in [-0.3, -0.25) is 9.59 Å². The smallest absolute Gasteiger partial charge is 0.257 e. The maximum Gasteiger partial charge on any atom is 0.257 e. The standard InChI is InChI=1S/C26H37N3O4/c1-5-6-9-29-16-22(21-14-18(4)27-24(21)26(29)31)19-7-8-20(23(15-19)33-17(2)3)25(30)28-10-12-32-13-11-28/h5-8,15,17-18,21-22,24,27H,9-14,16H2,1-4H3/b6-5+. The second kappa shape index (κ2) is 10.3. The van der Waals surface area contributed by atoms with Gasteiger partial charge in [0.1, 0.15) is 5.75 Å². The second-order valence-electron chi connectivity index (χ2n) is 9.69. The molecule has 4 rings (SSSR count). The molecular weight excluding hydrogens is 418 g/mol. The number of nitrogens with one attached hydrogen (secondary N) is 1. The molecule has 3 saturated heterocycles. The number of ether oxygens (including phenoxy) is 2. The maximum absolute atomic E-state index is 13.2. The molecule has 0 saturated carbocycles. The van der Waals surface area contributed by atoms with Crippen molar-refractivity contribution in [3.63, 3.8) is 0 Å². The third kappa shape index (κ3) is 5.09. The van der Waals surface area contributed by atoms with E-state index in [-0.39, 0.29) is 35.8 Å². The number of piperidine rings is 1. The van der Waals surface area contributed by atoms with E-state index < -0.39 is 0 Å². The highest BCUT2D eigenvalue weighted by Gasteiger charge is 2.47. The molecule has 3 fully saturated rings. The number of fused-ring (bicyclic) bond motifs is 1. The summed E-state index contributed by atoms with van der Waals surface area (Å²) < 4.78 is 11.6. The van der Waals surface area contributed by atoms with Crippen LogP contribution in [-0.4, -0.2) is 79.2 Å². The van der Waals surface area contributed by atoms with Gasteiger partial charge in [0, 0.05) is 38.1 Å². The molecule has 1 aromatic carbocycles. The number of morpholine rings is 1. The van der Waals surface area contributed by atoms with Crippen molar-refractivity contribution in [1.29, 1.82) is 0 Å². The first kappa shape index (κ1) is 23.8. The van der Waals surface area contributed by atoms with E-state index in [9.17, 15) is 9.59 Å². The fraction of sp³-hybridized carbons (Fsp3) is 0.615. The molecule has 7 heteroatoms. The molecule has 0 aromatic heterocycles. The molecule has 0 radical (unpaired) electrons. The number of hydrogen-bond donors (Lipinski definition) is 1. The minimum absolute atomic E-state index is 0.0111. The summed E-state index contributed by atoms with van der Waals surface area (Å²) in [6.07, 6.45) is 4.94. The van der Waals surface area contributed by atoms with Crippen molar-refractivity contribution in [3.05, 3.63) is 41.5 Å². The summed E-state index contributed by atoms with van der Waals surface area (Å²) in [6.45, 7) is 11.7. The highest BCUT2D eigenvalue weighted by molar-refractivity contribution is 5.97. The number of rotatable bonds is 6. The van der Waals surface area contributed by atoms with Crippen LogP contribution in [0.15, 0.2) is 30.4 Å². The molecule has 3 aliphatic rings. The van der Waals surface area contributed by atoms with Crippen LogP contribution >= 0.6 is 0 Å². The number of carbonyl (C=O) groups excluding carboxylic acids is 2. The Labute approximate surface area is 197 Å². The van der Waals surface area contributed by atoms with Crippen LogP contribution in [0.5, 0.6) is 5.75 Å². The van der Waals surface area contributed by atoms with Crippen LogP contribution in [0, 0.1) is 5.92 Å². The number of nitrogens with zero attached hydrogens (tertiary/aromatic N) is 2. The molecule has 4 unspecified atom stereocenters. The molecule has 0 bridgehead atoms. The normalized spacial score (nSPS) is 28.0. The summed E-state index contributed by atoms with van der Waals surface area (Å²) in [5.41, 5.74) is 1.73. The highest BCUT2D eigenvalue weighted by atomic mass is 16.5. The van der Waals surface area contributed by atoms with Crippen molar-refractivity contribution in [2.75, 3.05) is 39.4 Å². The molecule has 3 heterocycles. The SMILES string of the molecule is C/C=C/CN1CC(c2ccc(C(=O)N3CCOCC3)c(OC(C)C)c2)C2CC(C)NC2C1=O. The average molecular weight is 456 g/mol. The van der Waals surface area contributed by atoms with Crippen molar-refractivity contribution in [3.8, 4) is 5.75 Å². The largest absolute Gasteiger partial charge is 0.490 e. The zero-order valence-electron chi connectivity index (χ0n) is 20.3. The van der Waals surface area contributed by atoms with Gasteiger partial charge in [-0.05, 0) is 57.7 Å². The van der Waals surface area contributed by atoms with Crippen molar-refractivity contribution < 1.29 is 19.1 Å². The lowest BCUT2D eigenvalue weighted by atomic mass is 9.77. The molecule has 0 aliphatic carbocycles. The lowest BCUT2D eigenvalue weighted by molar-refractivity contribution is -0.137. The van der Waals surface area contributed by atoms with Crippen LogP contribution in [0.25, 0.3) is 0 Å². The number of hydrogen-bond acceptors (Lipinski definition) is 5. The molecule has 1 aromatic rings. The Morgan fingerprint density at radius 1 is 1.30 bits per heavy atom. The van der Waals surface area contributed by atoms with Gasteiger partial charge in [0.05, 0.1) is 30.9 Å². The van der Waals surface area contributed by atoms with Crippen LogP contribution in [0.2, 0.25) is 0 Å². The predicted molar refractivity (Wildman–Crippen MR) is 128 cm³/mol. The summed E-state index contributed by atoms with van der Waals surface area (Å²) in [4.78, 5) is 30.1. The molecule has 3 aliphatic heterocycles.